The molecule has 1 aromatic heterocycles. The van der Waals surface area contributed by atoms with Crippen LogP contribution in [0.5, 0.6) is 11.5 Å². The second kappa shape index (κ2) is 4.59. The van der Waals surface area contributed by atoms with Gasteiger partial charge in [-0.3, -0.25) is 0 Å². The molecule has 2 heterocycles. The molecule has 2 atom stereocenters. The molecule has 94 valence electrons. The maximum absolute atomic E-state index is 10.2. The van der Waals surface area contributed by atoms with E-state index in [1.807, 2.05) is 23.6 Å². The number of benzene rings is 1. The number of rotatable bonds is 2. The summed E-state index contributed by atoms with van der Waals surface area (Å²) >= 11 is 1.54. The lowest BCUT2D eigenvalue weighted by Crippen LogP contribution is -2.18. The lowest BCUT2D eigenvalue weighted by molar-refractivity contribution is 0.0653. The Hall–Kier alpha value is -1.59. The molecule has 5 heteroatoms. The van der Waals surface area contributed by atoms with Crippen LogP contribution in [-0.2, 0) is 0 Å². The summed E-state index contributed by atoms with van der Waals surface area (Å²) in [6, 6.07) is 5.48. The van der Waals surface area contributed by atoms with Gasteiger partial charge in [-0.15, -0.1) is 11.3 Å². The fourth-order valence-electron chi connectivity index (χ4n) is 2.10. The first-order chi connectivity index (χ1) is 8.78. The van der Waals surface area contributed by atoms with E-state index in [1.54, 1.807) is 24.6 Å². The largest absolute Gasteiger partial charge is 0.497 e. The Bertz CT molecular complexity index is 541. The van der Waals surface area contributed by atoms with E-state index >= 15 is 0 Å². The zero-order valence-corrected chi connectivity index (χ0v) is 10.7. The molecule has 1 aliphatic heterocycles. The summed E-state index contributed by atoms with van der Waals surface area (Å²) in [4.78, 5) is 4.24. The van der Waals surface area contributed by atoms with Crippen molar-refractivity contribution in [3.8, 4) is 11.5 Å². The van der Waals surface area contributed by atoms with Crippen molar-refractivity contribution in [3.05, 3.63) is 40.3 Å². The van der Waals surface area contributed by atoms with Gasteiger partial charge in [0.1, 0.15) is 16.5 Å². The summed E-state index contributed by atoms with van der Waals surface area (Å²) in [6.07, 6.45) is 1.56. The molecule has 3 rings (SSSR count). The van der Waals surface area contributed by atoms with Gasteiger partial charge < -0.3 is 14.6 Å². The summed E-state index contributed by atoms with van der Waals surface area (Å²) in [5.41, 5.74) is 0.780. The molecule has 0 spiro atoms. The third kappa shape index (κ3) is 1.95. The van der Waals surface area contributed by atoms with Crippen LogP contribution >= 0.6 is 11.3 Å². The Morgan fingerprint density at radius 1 is 1.50 bits per heavy atom. The number of ether oxygens (including phenoxy) is 2. The predicted octanol–water partition coefficient (Wildman–Crippen LogP) is 2.71. The van der Waals surface area contributed by atoms with Gasteiger partial charge in [-0.25, -0.2) is 4.98 Å². The van der Waals surface area contributed by atoms with Gasteiger partial charge in [-0.1, -0.05) is 0 Å². The molecule has 0 bridgehead atoms. The fourth-order valence-corrected chi connectivity index (χ4v) is 2.78. The van der Waals surface area contributed by atoms with E-state index in [0.29, 0.717) is 12.2 Å². The quantitative estimate of drug-likeness (QED) is 0.905. The van der Waals surface area contributed by atoms with E-state index in [2.05, 4.69) is 4.98 Å². The van der Waals surface area contributed by atoms with Gasteiger partial charge in [0.05, 0.1) is 13.2 Å². The highest BCUT2D eigenvalue weighted by Crippen LogP contribution is 2.42. The molecule has 2 aromatic rings. The van der Waals surface area contributed by atoms with Crippen LogP contribution in [0.25, 0.3) is 0 Å². The average Bonchev–Trinajstić information content (AvgIpc) is 2.92. The van der Waals surface area contributed by atoms with Crippen LogP contribution < -0.4 is 9.47 Å². The number of methoxy groups -OCH3 is 1. The highest BCUT2D eigenvalue weighted by atomic mass is 32.1. The summed E-state index contributed by atoms with van der Waals surface area (Å²) in [5, 5.41) is 13.0. The molecular formula is C13H13NO3S. The molecule has 2 unspecified atom stereocenters. The first kappa shape index (κ1) is 11.5. The van der Waals surface area contributed by atoms with Crippen molar-refractivity contribution >= 4 is 11.3 Å². The standard InChI is InChI=1S/C13H13NO3S/c1-16-8-2-3-11-9(6-8)10(15)7-12(17-11)13-14-4-5-18-13/h2-6,10,12,15H,7H2,1H3. The monoisotopic (exact) mass is 263 g/mol. The molecule has 0 radical (unpaired) electrons. The molecule has 0 saturated heterocycles. The Morgan fingerprint density at radius 3 is 3.11 bits per heavy atom. The van der Waals surface area contributed by atoms with Crippen LogP contribution in [0.2, 0.25) is 0 Å². The maximum atomic E-state index is 10.2. The van der Waals surface area contributed by atoms with Crippen molar-refractivity contribution in [2.75, 3.05) is 7.11 Å². The molecule has 1 N–H and O–H groups in total. The van der Waals surface area contributed by atoms with Gasteiger partial charge in [0.25, 0.3) is 0 Å². The Labute approximate surface area is 109 Å². The van der Waals surface area contributed by atoms with E-state index in [0.717, 1.165) is 16.3 Å². The van der Waals surface area contributed by atoms with Crippen molar-refractivity contribution in [1.82, 2.24) is 4.98 Å². The summed E-state index contributed by atoms with van der Waals surface area (Å²) in [5.74, 6) is 1.43. The molecule has 0 aliphatic carbocycles. The van der Waals surface area contributed by atoms with Crippen LogP contribution in [0.15, 0.2) is 29.8 Å². The smallest absolute Gasteiger partial charge is 0.153 e. The molecule has 0 fully saturated rings. The van der Waals surface area contributed by atoms with E-state index in [-0.39, 0.29) is 6.10 Å². The summed E-state index contributed by atoms with van der Waals surface area (Å²) in [7, 11) is 1.61. The second-order valence-electron chi connectivity index (χ2n) is 4.13. The molecule has 1 aliphatic rings. The minimum Gasteiger partial charge on any atom is -0.497 e. The first-order valence-corrected chi connectivity index (χ1v) is 6.58. The number of hydrogen-bond donors (Lipinski definition) is 1. The van der Waals surface area contributed by atoms with Crippen LogP contribution in [0.4, 0.5) is 0 Å². The number of aliphatic hydroxyl groups excluding tert-OH is 1. The SMILES string of the molecule is COc1ccc2c(c1)C(O)CC(c1nccs1)O2. The van der Waals surface area contributed by atoms with Crippen molar-refractivity contribution in [2.45, 2.75) is 18.6 Å². The third-order valence-electron chi connectivity index (χ3n) is 3.01. The van der Waals surface area contributed by atoms with Crippen molar-refractivity contribution < 1.29 is 14.6 Å². The normalized spacial score (nSPS) is 22.1. The van der Waals surface area contributed by atoms with E-state index < -0.39 is 6.10 Å². The minimum atomic E-state index is -0.544. The van der Waals surface area contributed by atoms with Crippen molar-refractivity contribution in [2.24, 2.45) is 0 Å². The van der Waals surface area contributed by atoms with Gasteiger partial charge in [-0.05, 0) is 18.2 Å². The first-order valence-electron chi connectivity index (χ1n) is 5.70. The molecule has 4 nitrogen and oxygen atoms in total. The van der Waals surface area contributed by atoms with Gasteiger partial charge in [0.2, 0.25) is 0 Å². The summed E-state index contributed by atoms with van der Waals surface area (Å²) < 4.78 is 11.0. The number of thiazole rings is 1. The highest BCUT2D eigenvalue weighted by molar-refractivity contribution is 7.09. The topological polar surface area (TPSA) is 51.6 Å². The molecule has 18 heavy (non-hydrogen) atoms. The minimum absolute atomic E-state index is 0.166. The van der Waals surface area contributed by atoms with E-state index in [1.165, 1.54) is 0 Å². The lowest BCUT2D eigenvalue weighted by Gasteiger charge is -2.28. The number of hydrogen-bond acceptors (Lipinski definition) is 5. The van der Waals surface area contributed by atoms with Crippen LogP contribution in [0, 0.1) is 0 Å². The van der Waals surface area contributed by atoms with Gasteiger partial charge in [0.15, 0.2) is 6.10 Å². The lowest BCUT2D eigenvalue weighted by atomic mass is 9.99. The van der Waals surface area contributed by atoms with Crippen molar-refractivity contribution in [3.63, 3.8) is 0 Å². The van der Waals surface area contributed by atoms with Crippen molar-refractivity contribution in [1.29, 1.82) is 0 Å². The van der Waals surface area contributed by atoms with Crippen LogP contribution in [0.3, 0.4) is 0 Å². The number of fused-ring (bicyclic) bond motifs is 1. The Balaban J connectivity index is 1.93. The van der Waals surface area contributed by atoms with Crippen LogP contribution in [-0.4, -0.2) is 17.2 Å². The zero-order chi connectivity index (χ0) is 12.5. The second-order valence-corrected chi connectivity index (χ2v) is 5.06. The average molecular weight is 263 g/mol. The summed E-state index contributed by atoms with van der Waals surface area (Å²) in [6.45, 7) is 0. The highest BCUT2D eigenvalue weighted by Gasteiger charge is 2.29. The van der Waals surface area contributed by atoms with E-state index in [9.17, 15) is 5.11 Å². The molecule has 0 amide bonds. The molecule has 0 saturated carbocycles. The number of aliphatic hydroxyl groups is 1. The van der Waals surface area contributed by atoms with Gasteiger partial charge in [-0.2, -0.15) is 0 Å². The maximum Gasteiger partial charge on any atom is 0.153 e. The Morgan fingerprint density at radius 2 is 2.39 bits per heavy atom. The zero-order valence-electron chi connectivity index (χ0n) is 9.87. The fraction of sp³-hybridized carbons (Fsp3) is 0.308. The molecular weight excluding hydrogens is 250 g/mol. The van der Waals surface area contributed by atoms with Crippen LogP contribution in [0.1, 0.15) is 29.2 Å². The Kier molecular flexibility index (Phi) is 2.93. The number of nitrogens with zero attached hydrogens (tertiary/aromatic N) is 1. The predicted molar refractivity (Wildman–Crippen MR) is 68.1 cm³/mol. The van der Waals surface area contributed by atoms with Gasteiger partial charge in [0, 0.05) is 23.6 Å². The van der Waals surface area contributed by atoms with Gasteiger partial charge >= 0.3 is 0 Å². The number of aromatic nitrogens is 1. The van der Waals surface area contributed by atoms with E-state index in [4.69, 9.17) is 9.47 Å². The third-order valence-corrected chi connectivity index (χ3v) is 3.88. The molecule has 1 aromatic carbocycles.